The highest BCUT2D eigenvalue weighted by Crippen LogP contribution is 2.22. The minimum Gasteiger partial charge on any atom is -0.448 e. The van der Waals surface area contributed by atoms with Gasteiger partial charge in [0, 0.05) is 43.5 Å². The van der Waals surface area contributed by atoms with Gasteiger partial charge in [-0.25, -0.2) is 19.6 Å². The number of carbonyl (C=O) groups is 4. The van der Waals surface area contributed by atoms with Crippen LogP contribution in [0.2, 0.25) is 0 Å². The lowest BCUT2D eigenvalue weighted by molar-refractivity contribution is -0.168. The zero-order chi connectivity index (χ0) is 40.5. The van der Waals surface area contributed by atoms with E-state index in [2.05, 4.69) is 22.2 Å². The van der Waals surface area contributed by atoms with Crippen molar-refractivity contribution in [3.63, 3.8) is 0 Å². The topological polar surface area (TPSA) is 190 Å². The molecule has 2 aromatic heterocycles. The van der Waals surface area contributed by atoms with E-state index in [0.717, 1.165) is 49.1 Å². The lowest BCUT2D eigenvalue weighted by atomic mass is 10.1. The second kappa shape index (κ2) is 21.8. The Balaban J connectivity index is 1.37. The third kappa shape index (κ3) is 12.8. The van der Waals surface area contributed by atoms with E-state index in [4.69, 9.17) is 29.7 Å². The molecule has 0 aliphatic heterocycles. The average Bonchev–Trinajstić information content (AvgIpc) is 3.51. The number of pyridine rings is 1. The van der Waals surface area contributed by atoms with Gasteiger partial charge in [0.15, 0.2) is 0 Å². The fraction of sp³-hybridized carbons (Fsp3) is 0.439. The number of aromatic nitrogens is 3. The molecule has 2 aromatic carbocycles. The van der Waals surface area contributed by atoms with Crippen LogP contribution in [0.25, 0.3) is 11.0 Å². The molecule has 15 heteroatoms. The van der Waals surface area contributed by atoms with Gasteiger partial charge in [0.1, 0.15) is 23.6 Å². The Bertz CT molecular complexity index is 1930. The Hall–Kier alpha value is -5.99. The minimum atomic E-state index is -1.18. The zero-order valence-corrected chi connectivity index (χ0v) is 32.9. The van der Waals surface area contributed by atoms with Gasteiger partial charge >= 0.3 is 18.2 Å². The van der Waals surface area contributed by atoms with E-state index in [1.54, 1.807) is 48.7 Å². The number of esters is 1. The maximum absolute atomic E-state index is 13.9. The summed E-state index contributed by atoms with van der Waals surface area (Å²) >= 11 is 0. The molecule has 4 rings (SSSR count). The molecular weight excluding hydrogens is 718 g/mol. The number of unbranched alkanes of at least 4 members (excludes halogenated alkanes) is 3. The second-order valence-electron chi connectivity index (χ2n) is 13.2. The molecule has 56 heavy (non-hydrogen) atoms. The number of imidazole rings is 1. The Morgan fingerprint density at radius 2 is 1.70 bits per heavy atom. The van der Waals surface area contributed by atoms with E-state index >= 15 is 0 Å². The normalized spacial score (nSPS) is 12.4. The molecule has 2 amide bonds. The SMILES string of the molecule is CCCCCCOC(=O)/N=C(\N)c1ccc(NCc2nc3cc(C(=O)N(CCC(=O)OC(C)OC(=O)OC(CC)CCC)c4ccccn4)ccc3n2C)cc1. The van der Waals surface area contributed by atoms with E-state index in [-0.39, 0.29) is 30.8 Å². The summed E-state index contributed by atoms with van der Waals surface area (Å²) in [4.78, 5) is 65.3. The molecule has 15 nitrogen and oxygen atoms in total. The number of nitrogens with one attached hydrogen (secondary N) is 1. The van der Waals surface area contributed by atoms with Crippen molar-refractivity contribution in [1.82, 2.24) is 14.5 Å². The van der Waals surface area contributed by atoms with Gasteiger partial charge in [0.05, 0.1) is 30.6 Å². The summed E-state index contributed by atoms with van der Waals surface area (Å²) < 4.78 is 22.8. The molecule has 0 aliphatic rings. The summed E-state index contributed by atoms with van der Waals surface area (Å²) in [5.41, 5.74) is 9.19. The van der Waals surface area contributed by atoms with Gasteiger partial charge in [0.25, 0.3) is 5.91 Å². The van der Waals surface area contributed by atoms with Crippen LogP contribution in [-0.4, -0.2) is 70.0 Å². The number of amides is 2. The first-order valence-corrected chi connectivity index (χ1v) is 19.1. The monoisotopic (exact) mass is 771 g/mol. The predicted octanol–water partition coefficient (Wildman–Crippen LogP) is 7.66. The van der Waals surface area contributed by atoms with Crippen LogP contribution in [0.3, 0.4) is 0 Å². The lowest BCUT2D eigenvalue weighted by Crippen LogP contribution is -2.34. The van der Waals surface area contributed by atoms with E-state index in [1.807, 2.05) is 43.7 Å². The van der Waals surface area contributed by atoms with Crippen LogP contribution in [0.1, 0.15) is 101 Å². The quantitative estimate of drug-likeness (QED) is 0.0223. The highest BCUT2D eigenvalue weighted by atomic mass is 16.8. The maximum atomic E-state index is 13.9. The molecule has 4 aromatic rings. The number of rotatable bonds is 20. The van der Waals surface area contributed by atoms with Gasteiger partial charge in [-0.15, -0.1) is 0 Å². The zero-order valence-electron chi connectivity index (χ0n) is 32.9. The fourth-order valence-electron chi connectivity index (χ4n) is 5.79. The van der Waals surface area contributed by atoms with Crippen molar-refractivity contribution in [2.45, 2.75) is 98.0 Å². The molecule has 2 heterocycles. The Kier molecular flexibility index (Phi) is 16.6. The van der Waals surface area contributed by atoms with Gasteiger partial charge in [-0.1, -0.05) is 52.5 Å². The molecule has 0 saturated carbocycles. The van der Waals surface area contributed by atoms with Crippen molar-refractivity contribution in [3.8, 4) is 0 Å². The molecular formula is C41H53N7O8. The number of hydrogen-bond donors (Lipinski definition) is 2. The number of carbonyl (C=O) groups excluding carboxylic acids is 4. The van der Waals surface area contributed by atoms with Crippen molar-refractivity contribution >= 4 is 52.5 Å². The first kappa shape index (κ1) is 42.7. The number of ether oxygens (including phenoxy) is 4. The van der Waals surface area contributed by atoms with Gasteiger partial charge in [-0.3, -0.25) is 14.5 Å². The second-order valence-corrected chi connectivity index (χ2v) is 13.2. The highest BCUT2D eigenvalue weighted by molar-refractivity contribution is 6.07. The molecule has 0 spiro atoms. The average molecular weight is 772 g/mol. The predicted molar refractivity (Wildman–Crippen MR) is 213 cm³/mol. The molecule has 3 N–H and O–H groups in total. The van der Waals surface area contributed by atoms with Crippen molar-refractivity contribution in [2.75, 3.05) is 23.4 Å². The van der Waals surface area contributed by atoms with Crippen molar-refractivity contribution < 1.29 is 38.1 Å². The number of fused-ring (bicyclic) bond motifs is 1. The van der Waals surface area contributed by atoms with Crippen molar-refractivity contribution in [1.29, 1.82) is 0 Å². The molecule has 300 valence electrons. The summed E-state index contributed by atoms with van der Waals surface area (Å²) in [6.45, 7) is 8.09. The summed E-state index contributed by atoms with van der Waals surface area (Å²) in [5, 5.41) is 3.34. The molecule has 0 aliphatic carbocycles. The largest absolute Gasteiger partial charge is 0.511 e. The molecule has 2 atom stereocenters. The number of nitrogens with two attached hydrogens (primary N) is 1. The van der Waals surface area contributed by atoms with Crippen LogP contribution < -0.4 is 16.0 Å². The van der Waals surface area contributed by atoms with E-state index in [9.17, 15) is 19.2 Å². The van der Waals surface area contributed by atoms with Crippen LogP contribution >= 0.6 is 0 Å². The molecule has 0 radical (unpaired) electrons. The Labute approximate surface area is 327 Å². The van der Waals surface area contributed by atoms with Crippen LogP contribution in [-0.2, 0) is 37.3 Å². The number of benzene rings is 2. The summed E-state index contributed by atoms with van der Waals surface area (Å²) in [6, 6.07) is 17.5. The van der Waals surface area contributed by atoms with E-state index in [0.29, 0.717) is 48.5 Å². The van der Waals surface area contributed by atoms with Gasteiger partial charge in [0.2, 0.25) is 6.29 Å². The number of amidine groups is 1. The standard InChI is InChI=1S/C41H53N7O8/c1-6-9-10-13-25-53-40(51)46-38(42)29-16-19-31(20-17-29)44-27-36-45-33-26-30(18-21-34(33)47(36)5)39(50)48(35-15-11-12-23-43-35)24-22-37(49)54-28(4)55-41(52)56-32(8-3)14-7-2/h11-12,15-21,23,26,28,32,44H,6-10,13-14,22,24-25,27H2,1-5H3,(H2,42,46,51). The molecule has 0 bridgehead atoms. The highest BCUT2D eigenvalue weighted by Gasteiger charge is 2.23. The number of hydrogen-bond acceptors (Lipinski definition) is 11. The maximum Gasteiger partial charge on any atom is 0.511 e. The van der Waals surface area contributed by atoms with Crippen molar-refractivity contribution in [3.05, 3.63) is 83.8 Å². The fourth-order valence-corrected chi connectivity index (χ4v) is 5.79. The Morgan fingerprint density at radius 3 is 2.39 bits per heavy atom. The summed E-state index contributed by atoms with van der Waals surface area (Å²) in [7, 11) is 1.89. The van der Waals surface area contributed by atoms with Crippen LogP contribution in [0.5, 0.6) is 0 Å². The van der Waals surface area contributed by atoms with Crippen LogP contribution in [0.4, 0.5) is 21.1 Å². The molecule has 2 unspecified atom stereocenters. The number of anilines is 2. The van der Waals surface area contributed by atoms with Crippen LogP contribution in [0.15, 0.2) is 71.9 Å². The summed E-state index contributed by atoms with van der Waals surface area (Å²) in [5.74, 6) is 0.0834. The van der Waals surface area contributed by atoms with Gasteiger partial charge in [-0.2, -0.15) is 4.99 Å². The molecule has 0 saturated heterocycles. The van der Waals surface area contributed by atoms with Crippen LogP contribution in [0, 0.1) is 0 Å². The Morgan fingerprint density at radius 1 is 0.929 bits per heavy atom. The minimum absolute atomic E-state index is 0.0464. The van der Waals surface area contributed by atoms with Crippen molar-refractivity contribution in [2.24, 2.45) is 17.8 Å². The molecule has 0 fully saturated rings. The third-order valence-electron chi connectivity index (χ3n) is 8.89. The van der Waals surface area contributed by atoms with Gasteiger partial charge < -0.3 is 34.6 Å². The van der Waals surface area contributed by atoms with Gasteiger partial charge in [-0.05, 0) is 73.9 Å². The van der Waals surface area contributed by atoms with E-state index < -0.39 is 24.5 Å². The third-order valence-corrected chi connectivity index (χ3v) is 8.89. The number of nitrogens with zero attached hydrogens (tertiary/aromatic N) is 5. The lowest BCUT2D eigenvalue weighted by Gasteiger charge is -2.22. The summed E-state index contributed by atoms with van der Waals surface area (Å²) in [6.07, 6.45) is 4.49. The first-order valence-electron chi connectivity index (χ1n) is 19.1. The number of aryl methyl sites for hydroxylation is 1. The number of aliphatic imine (C=N–C) groups is 1. The first-order chi connectivity index (χ1) is 27.0. The smallest absolute Gasteiger partial charge is 0.448 e. The van der Waals surface area contributed by atoms with E-state index in [1.165, 1.54) is 11.8 Å².